The fourth-order valence-corrected chi connectivity index (χ4v) is 3.78. The van der Waals surface area contributed by atoms with E-state index in [4.69, 9.17) is 29.2 Å². The van der Waals surface area contributed by atoms with E-state index in [0.29, 0.717) is 0 Å². The predicted octanol–water partition coefficient (Wildman–Crippen LogP) is 4.01. The molecule has 1 saturated heterocycles. The number of alkyl carbamates (subject to hydrolysis) is 1. The van der Waals surface area contributed by atoms with Crippen molar-refractivity contribution in [3.8, 4) is 0 Å². The van der Waals surface area contributed by atoms with Gasteiger partial charge in [-0.1, -0.05) is 41.5 Å². The van der Waals surface area contributed by atoms with E-state index in [9.17, 15) is 14.4 Å². The largest absolute Gasteiger partial charge is 0.452 e. The molecule has 1 aliphatic rings. The quantitative estimate of drug-likeness (QED) is 0.178. The summed E-state index contributed by atoms with van der Waals surface area (Å²) >= 11 is 0. The van der Waals surface area contributed by atoms with E-state index in [-0.39, 0.29) is 17.7 Å². The molecule has 38 heavy (non-hydrogen) atoms. The lowest BCUT2D eigenvalue weighted by Gasteiger charge is -2.44. The Morgan fingerprint density at radius 2 is 1.47 bits per heavy atom. The second kappa shape index (κ2) is 12.9. The van der Waals surface area contributed by atoms with Gasteiger partial charge >= 0.3 is 18.0 Å². The first-order chi connectivity index (χ1) is 18.1. The van der Waals surface area contributed by atoms with Crippen molar-refractivity contribution in [1.82, 2.24) is 5.32 Å². The van der Waals surface area contributed by atoms with Crippen LogP contribution in [0.25, 0.3) is 10.4 Å². The average molecular weight is 527 g/mol. The normalized spacial score (nSPS) is 22.9. The van der Waals surface area contributed by atoms with Crippen LogP contribution >= 0.6 is 0 Å². The van der Waals surface area contributed by atoms with Crippen LogP contribution in [0.3, 0.4) is 0 Å². The van der Waals surface area contributed by atoms with Crippen LogP contribution in [0.5, 0.6) is 0 Å². The molecule has 12 heteroatoms. The minimum atomic E-state index is -1.32. The Hall–Kier alpha value is -4.12. The van der Waals surface area contributed by atoms with Crippen LogP contribution in [-0.2, 0) is 23.7 Å². The Bertz CT molecular complexity index is 1150. The third-order valence-electron chi connectivity index (χ3n) is 5.39. The number of nitrogens with one attached hydrogen (secondary N) is 1. The number of hydrogen-bond donors (Lipinski definition) is 1. The number of hydrogen-bond acceptors (Lipinski definition) is 9. The van der Waals surface area contributed by atoms with E-state index >= 15 is 0 Å². The van der Waals surface area contributed by atoms with Crippen molar-refractivity contribution in [2.75, 3.05) is 13.7 Å². The zero-order valence-corrected chi connectivity index (χ0v) is 21.5. The van der Waals surface area contributed by atoms with Gasteiger partial charge in [0, 0.05) is 12.0 Å². The summed E-state index contributed by atoms with van der Waals surface area (Å²) in [5.41, 5.74) is 8.53. The van der Waals surface area contributed by atoms with Crippen molar-refractivity contribution >= 4 is 18.0 Å². The van der Waals surface area contributed by atoms with E-state index < -0.39 is 54.3 Å². The van der Waals surface area contributed by atoms with Crippen LogP contribution in [0.4, 0.5) is 4.79 Å². The van der Waals surface area contributed by atoms with Crippen molar-refractivity contribution in [3.63, 3.8) is 0 Å². The SMILES string of the molecule is CO[C@@H]1O[C@H](CN=[N+]=[N-])[C@@H](OC(=O)c2ccccc2)[C@H](OC(=O)c2ccccc2)[C@H]1NC(=O)OC(C)(C)C. The molecule has 0 aromatic heterocycles. The molecule has 3 rings (SSSR count). The number of carbonyl (C=O) groups excluding carboxylic acids is 3. The van der Waals surface area contributed by atoms with Crippen LogP contribution < -0.4 is 5.32 Å². The van der Waals surface area contributed by atoms with Crippen molar-refractivity contribution in [2.24, 2.45) is 5.11 Å². The summed E-state index contributed by atoms with van der Waals surface area (Å²) in [5, 5.41) is 6.18. The second-order valence-corrected chi connectivity index (χ2v) is 9.34. The van der Waals surface area contributed by atoms with Crippen molar-refractivity contribution in [3.05, 3.63) is 82.2 Å². The van der Waals surface area contributed by atoms with Gasteiger partial charge in [0.1, 0.15) is 17.7 Å². The molecule has 5 atom stereocenters. The number of azide groups is 1. The summed E-state index contributed by atoms with van der Waals surface area (Å²) in [6.45, 7) is 4.78. The molecule has 1 heterocycles. The first kappa shape index (κ1) is 28.5. The molecular weight excluding hydrogens is 496 g/mol. The molecule has 0 saturated carbocycles. The lowest BCUT2D eigenvalue weighted by Crippen LogP contribution is -2.66. The first-order valence-electron chi connectivity index (χ1n) is 11.8. The van der Waals surface area contributed by atoms with Crippen LogP contribution in [0.15, 0.2) is 65.8 Å². The van der Waals surface area contributed by atoms with E-state index in [1.54, 1.807) is 81.4 Å². The zero-order chi connectivity index (χ0) is 27.7. The van der Waals surface area contributed by atoms with Crippen molar-refractivity contribution in [2.45, 2.75) is 57.0 Å². The topological polar surface area (TPSA) is 158 Å². The number of ether oxygens (including phenoxy) is 5. The Kier molecular flexibility index (Phi) is 9.66. The van der Waals surface area contributed by atoms with E-state index in [1.807, 2.05) is 0 Å². The van der Waals surface area contributed by atoms with Gasteiger partial charge in [0.15, 0.2) is 18.5 Å². The van der Waals surface area contributed by atoms with Crippen LogP contribution in [-0.4, -0.2) is 67.9 Å². The third-order valence-corrected chi connectivity index (χ3v) is 5.39. The molecule has 0 bridgehead atoms. The molecule has 12 nitrogen and oxygen atoms in total. The summed E-state index contributed by atoms with van der Waals surface area (Å²) in [7, 11) is 1.32. The van der Waals surface area contributed by atoms with Gasteiger partial charge in [0.25, 0.3) is 0 Å². The first-order valence-corrected chi connectivity index (χ1v) is 11.8. The predicted molar refractivity (Wildman–Crippen MR) is 134 cm³/mol. The minimum absolute atomic E-state index is 0.226. The Labute approximate surface area is 219 Å². The van der Waals surface area contributed by atoms with E-state index in [1.165, 1.54) is 7.11 Å². The van der Waals surface area contributed by atoms with Gasteiger partial charge in [-0.05, 0) is 50.6 Å². The summed E-state index contributed by atoms with van der Waals surface area (Å²) in [5.74, 6) is -1.48. The minimum Gasteiger partial charge on any atom is -0.452 e. The zero-order valence-electron chi connectivity index (χ0n) is 21.5. The highest BCUT2D eigenvalue weighted by atomic mass is 16.7. The Morgan fingerprint density at radius 3 is 1.95 bits per heavy atom. The van der Waals surface area contributed by atoms with Gasteiger partial charge in [0.2, 0.25) is 0 Å². The van der Waals surface area contributed by atoms with Gasteiger partial charge in [0.05, 0.1) is 17.7 Å². The lowest BCUT2D eigenvalue weighted by atomic mass is 9.95. The molecule has 0 spiro atoms. The standard InChI is InChI=1S/C26H30N4O8/c1-26(2,3)38-25(33)29-19-21(37-23(32)17-13-9-6-10-14-17)20(18(15-28-30-27)35-24(19)34-4)36-22(31)16-11-7-5-8-12-16/h5-14,18-21,24H,15H2,1-4H3,(H,29,33)/t18-,19-,20-,21-,24-/m1/s1. The number of methoxy groups -OCH3 is 1. The number of rotatable bonds is 8. The van der Waals surface area contributed by atoms with E-state index in [2.05, 4.69) is 15.3 Å². The highest BCUT2D eigenvalue weighted by Crippen LogP contribution is 2.29. The van der Waals surface area contributed by atoms with Crippen molar-refractivity contribution < 1.29 is 38.1 Å². The van der Waals surface area contributed by atoms with Gasteiger partial charge in [-0.15, -0.1) is 0 Å². The number of nitrogens with zero attached hydrogens (tertiary/aromatic N) is 3. The van der Waals surface area contributed by atoms with Gasteiger partial charge in [-0.25, -0.2) is 14.4 Å². The van der Waals surface area contributed by atoms with Crippen molar-refractivity contribution in [1.29, 1.82) is 0 Å². The molecule has 1 N–H and O–H groups in total. The fourth-order valence-electron chi connectivity index (χ4n) is 3.78. The molecule has 0 aliphatic carbocycles. The Morgan fingerprint density at radius 1 is 0.947 bits per heavy atom. The molecule has 0 radical (unpaired) electrons. The maximum atomic E-state index is 13.1. The molecule has 0 unspecified atom stereocenters. The van der Waals surface area contributed by atoms with Crippen LogP contribution in [0.1, 0.15) is 41.5 Å². The van der Waals surface area contributed by atoms with Gasteiger partial charge in [-0.2, -0.15) is 0 Å². The van der Waals surface area contributed by atoms with Gasteiger partial charge < -0.3 is 29.0 Å². The number of esters is 2. The molecule has 202 valence electrons. The summed E-state index contributed by atoms with van der Waals surface area (Å²) < 4.78 is 28.3. The summed E-state index contributed by atoms with van der Waals surface area (Å²) in [6.07, 6.45) is -5.71. The monoisotopic (exact) mass is 526 g/mol. The number of amides is 1. The second-order valence-electron chi connectivity index (χ2n) is 9.34. The smallest absolute Gasteiger partial charge is 0.408 e. The molecule has 1 fully saturated rings. The highest BCUT2D eigenvalue weighted by Gasteiger charge is 2.51. The average Bonchev–Trinajstić information content (AvgIpc) is 2.89. The highest BCUT2D eigenvalue weighted by molar-refractivity contribution is 5.90. The maximum absolute atomic E-state index is 13.1. The van der Waals surface area contributed by atoms with Gasteiger partial charge in [-0.3, -0.25) is 0 Å². The van der Waals surface area contributed by atoms with Crippen LogP contribution in [0.2, 0.25) is 0 Å². The summed E-state index contributed by atoms with van der Waals surface area (Å²) in [4.78, 5) is 41.7. The fraction of sp³-hybridized carbons (Fsp3) is 0.423. The van der Waals surface area contributed by atoms with E-state index in [0.717, 1.165) is 0 Å². The molecule has 2 aromatic carbocycles. The molecule has 2 aromatic rings. The van der Waals surface area contributed by atoms with Crippen LogP contribution in [0, 0.1) is 0 Å². The number of benzene rings is 2. The third kappa shape index (κ3) is 7.69. The summed E-state index contributed by atoms with van der Waals surface area (Å²) in [6, 6.07) is 15.1. The molecule has 1 aliphatic heterocycles. The maximum Gasteiger partial charge on any atom is 0.408 e. The lowest BCUT2D eigenvalue weighted by molar-refractivity contribution is -0.252. The molecular formula is C26H30N4O8. The molecule has 1 amide bonds. The number of carbonyl (C=O) groups is 3. The Balaban J connectivity index is 2.01.